The second-order valence-electron chi connectivity index (χ2n) is 5.05. The number of halogens is 1. The third kappa shape index (κ3) is 4.26. The fraction of sp³-hybridized carbons (Fsp3) is 0.118. The lowest BCUT2D eigenvalue weighted by atomic mass is 10.2. The first-order valence-corrected chi connectivity index (χ1v) is 8.41. The number of ether oxygens (including phenoxy) is 1. The summed E-state index contributed by atoms with van der Waals surface area (Å²) in [5, 5.41) is 11.9. The van der Waals surface area contributed by atoms with Crippen LogP contribution < -0.4 is 10.3 Å². The van der Waals surface area contributed by atoms with E-state index in [2.05, 4.69) is 20.8 Å². The summed E-state index contributed by atoms with van der Waals surface area (Å²) < 4.78 is 7.46. The minimum absolute atomic E-state index is 0.414. The van der Waals surface area contributed by atoms with Gasteiger partial charge in [0.1, 0.15) is 5.75 Å². The molecule has 128 valence electrons. The molecular formula is C17H16ClN5OS. The highest BCUT2D eigenvalue weighted by atomic mass is 35.5. The Balaban J connectivity index is 1.79. The van der Waals surface area contributed by atoms with Crippen molar-refractivity contribution in [2.75, 3.05) is 12.1 Å². The van der Waals surface area contributed by atoms with E-state index >= 15 is 0 Å². The molecular weight excluding hydrogens is 358 g/mol. The number of benzene rings is 2. The molecule has 1 aromatic heterocycles. The molecule has 0 spiro atoms. The van der Waals surface area contributed by atoms with Crippen LogP contribution in [0.5, 0.6) is 5.75 Å². The lowest BCUT2D eigenvalue weighted by Gasteiger charge is -2.07. The van der Waals surface area contributed by atoms with E-state index in [0.29, 0.717) is 22.2 Å². The van der Waals surface area contributed by atoms with E-state index in [4.69, 9.17) is 28.6 Å². The fourth-order valence-corrected chi connectivity index (χ4v) is 2.46. The van der Waals surface area contributed by atoms with E-state index in [1.54, 1.807) is 23.0 Å². The van der Waals surface area contributed by atoms with Gasteiger partial charge in [0.05, 0.1) is 12.8 Å². The van der Waals surface area contributed by atoms with Gasteiger partial charge in [-0.2, -0.15) is 14.9 Å². The zero-order chi connectivity index (χ0) is 17.6. The Morgan fingerprint density at radius 2 is 1.96 bits per heavy atom. The van der Waals surface area contributed by atoms with E-state index in [9.17, 15) is 0 Å². The van der Waals surface area contributed by atoms with Crippen LogP contribution in [0.1, 0.15) is 12.5 Å². The Bertz CT molecular complexity index is 915. The lowest BCUT2D eigenvalue weighted by Crippen LogP contribution is -2.10. The highest BCUT2D eigenvalue weighted by molar-refractivity contribution is 7.71. The minimum atomic E-state index is 0.414. The molecule has 0 unspecified atom stereocenters. The predicted molar refractivity (Wildman–Crippen MR) is 102 cm³/mol. The van der Waals surface area contributed by atoms with E-state index in [0.717, 1.165) is 16.9 Å². The molecule has 25 heavy (non-hydrogen) atoms. The van der Waals surface area contributed by atoms with Crippen molar-refractivity contribution < 1.29 is 4.74 Å². The van der Waals surface area contributed by atoms with Gasteiger partial charge in [-0.1, -0.05) is 23.7 Å². The Morgan fingerprint density at radius 3 is 2.64 bits per heavy atom. The molecule has 0 aliphatic heterocycles. The maximum Gasteiger partial charge on any atom is 0.216 e. The Labute approximate surface area is 155 Å². The molecule has 0 saturated heterocycles. The third-order valence-corrected chi connectivity index (χ3v) is 3.86. The van der Waals surface area contributed by atoms with Crippen LogP contribution in [0, 0.1) is 4.77 Å². The molecule has 0 saturated carbocycles. The van der Waals surface area contributed by atoms with E-state index in [1.165, 1.54) is 0 Å². The van der Waals surface area contributed by atoms with Crippen LogP contribution in [0.3, 0.4) is 0 Å². The van der Waals surface area contributed by atoms with Gasteiger partial charge in [0, 0.05) is 10.6 Å². The summed E-state index contributed by atoms with van der Waals surface area (Å²) in [6, 6.07) is 14.9. The largest absolute Gasteiger partial charge is 0.494 e. The van der Waals surface area contributed by atoms with Gasteiger partial charge >= 0.3 is 0 Å². The third-order valence-electron chi connectivity index (χ3n) is 3.34. The van der Waals surface area contributed by atoms with Crippen molar-refractivity contribution in [1.29, 1.82) is 0 Å². The van der Waals surface area contributed by atoms with Crippen LogP contribution in [0.15, 0.2) is 53.6 Å². The van der Waals surface area contributed by atoms with Crippen molar-refractivity contribution in [1.82, 2.24) is 14.9 Å². The zero-order valence-corrected chi connectivity index (χ0v) is 15.0. The van der Waals surface area contributed by atoms with Gasteiger partial charge in [-0.25, -0.2) is 10.6 Å². The Kier molecular flexibility index (Phi) is 5.47. The summed E-state index contributed by atoms with van der Waals surface area (Å²) in [6.07, 6.45) is 1.67. The van der Waals surface area contributed by atoms with Crippen LogP contribution in [-0.4, -0.2) is 27.7 Å². The molecule has 0 aliphatic rings. The van der Waals surface area contributed by atoms with Crippen molar-refractivity contribution in [3.8, 4) is 17.1 Å². The van der Waals surface area contributed by atoms with Gasteiger partial charge in [0.15, 0.2) is 5.82 Å². The predicted octanol–water partition coefficient (Wildman–Crippen LogP) is 4.24. The van der Waals surface area contributed by atoms with Crippen molar-refractivity contribution in [2.24, 2.45) is 5.10 Å². The normalized spacial score (nSPS) is 11.0. The zero-order valence-electron chi connectivity index (χ0n) is 13.4. The van der Waals surface area contributed by atoms with E-state index in [1.807, 2.05) is 43.3 Å². The number of nitrogens with zero attached hydrogens (tertiary/aromatic N) is 3. The van der Waals surface area contributed by atoms with Crippen molar-refractivity contribution in [2.45, 2.75) is 6.92 Å². The molecule has 2 aromatic carbocycles. The molecule has 1 heterocycles. The first kappa shape index (κ1) is 17.2. The number of H-pyrrole nitrogens is 1. The number of hydrogen-bond donors (Lipinski definition) is 2. The molecule has 3 rings (SSSR count). The molecule has 0 atom stereocenters. The van der Waals surface area contributed by atoms with Gasteiger partial charge in [0.25, 0.3) is 0 Å². The van der Waals surface area contributed by atoms with Crippen molar-refractivity contribution in [3.05, 3.63) is 63.9 Å². The monoisotopic (exact) mass is 373 g/mol. The Morgan fingerprint density at radius 1 is 1.24 bits per heavy atom. The quantitative estimate of drug-likeness (QED) is 0.385. The Hall–Kier alpha value is -2.64. The fourth-order valence-electron chi connectivity index (χ4n) is 2.16. The summed E-state index contributed by atoms with van der Waals surface area (Å²) in [5.41, 5.74) is 4.68. The lowest BCUT2D eigenvalue weighted by molar-refractivity contribution is 0.340. The van der Waals surface area contributed by atoms with Crippen LogP contribution in [0.4, 0.5) is 0 Å². The van der Waals surface area contributed by atoms with Crippen LogP contribution in [-0.2, 0) is 0 Å². The summed E-state index contributed by atoms with van der Waals surface area (Å²) in [5.74, 6) is 1.43. The molecule has 0 radical (unpaired) electrons. The summed E-state index contributed by atoms with van der Waals surface area (Å²) in [6.45, 7) is 2.57. The van der Waals surface area contributed by atoms with Gasteiger partial charge in [-0.3, -0.25) is 0 Å². The summed E-state index contributed by atoms with van der Waals surface area (Å²) >= 11 is 11.1. The minimum Gasteiger partial charge on any atom is -0.494 e. The van der Waals surface area contributed by atoms with Crippen LogP contribution in [0.2, 0.25) is 5.02 Å². The number of hydrazone groups is 1. The van der Waals surface area contributed by atoms with E-state index < -0.39 is 0 Å². The van der Waals surface area contributed by atoms with Crippen molar-refractivity contribution in [3.63, 3.8) is 0 Å². The van der Waals surface area contributed by atoms with Gasteiger partial charge in [0.2, 0.25) is 4.77 Å². The second-order valence-corrected chi connectivity index (χ2v) is 5.88. The molecule has 2 N–H and O–H groups in total. The topological polar surface area (TPSA) is 67.2 Å². The maximum absolute atomic E-state index is 5.87. The van der Waals surface area contributed by atoms with Gasteiger partial charge < -0.3 is 4.74 Å². The van der Waals surface area contributed by atoms with E-state index in [-0.39, 0.29) is 0 Å². The molecule has 0 fully saturated rings. The van der Waals surface area contributed by atoms with Crippen LogP contribution >= 0.6 is 23.8 Å². The number of hydrogen-bond acceptors (Lipinski definition) is 5. The molecule has 0 aliphatic carbocycles. The molecule has 8 heteroatoms. The summed E-state index contributed by atoms with van der Waals surface area (Å²) in [7, 11) is 0. The molecule has 0 amide bonds. The standard InChI is InChI=1S/C17H16ClN5OS/c1-2-24-15-9-5-13(6-10-15)16-20-21-17(25)23(16)22-19-11-12-3-7-14(18)8-4-12/h3-11,22H,2H2,1H3,(H,21,25)/b19-11+. The number of rotatable bonds is 6. The summed E-state index contributed by atoms with van der Waals surface area (Å²) in [4.78, 5) is 0. The van der Waals surface area contributed by atoms with Gasteiger partial charge in [-0.15, -0.1) is 0 Å². The maximum atomic E-state index is 5.87. The first-order chi connectivity index (χ1) is 12.2. The number of nitrogens with one attached hydrogen (secondary N) is 2. The van der Waals surface area contributed by atoms with Crippen molar-refractivity contribution >= 4 is 30.0 Å². The highest BCUT2D eigenvalue weighted by Crippen LogP contribution is 2.20. The number of aromatic amines is 1. The molecule has 6 nitrogen and oxygen atoms in total. The highest BCUT2D eigenvalue weighted by Gasteiger charge is 2.08. The smallest absolute Gasteiger partial charge is 0.216 e. The number of aromatic nitrogens is 3. The average Bonchev–Trinajstić information content (AvgIpc) is 2.99. The van der Waals surface area contributed by atoms with Gasteiger partial charge in [-0.05, 0) is 61.1 Å². The molecule has 3 aromatic rings. The SMILES string of the molecule is CCOc1ccc(-c2n[nH]c(=S)n2N/N=C/c2ccc(Cl)cc2)cc1. The van der Waals surface area contributed by atoms with Crippen LogP contribution in [0.25, 0.3) is 11.4 Å². The first-order valence-electron chi connectivity index (χ1n) is 7.62. The average molecular weight is 374 g/mol. The molecule has 0 bridgehead atoms. The second kappa shape index (κ2) is 7.96.